The standard InChI is InChI=1S/C23H22FN5O/c1-23(2,3)20-13-21-27-18(16-4-6-17(24)7-5-16)12-19(29(21)28-20)22(30)26-14-15-8-10-25-11-9-15/h4-13H,14H2,1-3H3,(H,26,30). The van der Waals surface area contributed by atoms with Crippen molar-refractivity contribution in [3.63, 3.8) is 0 Å². The van der Waals surface area contributed by atoms with Gasteiger partial charge in [-0.25, -0.2) is 13.9 Å². The predicted octanol–water partition coefficient (Wildman–Crippen LogP) is 4.16. The number of amides is 1. The third-order valence-corrected chi connectivity index (χ3v) is 4.77. The molecule has 0 aliphatic rings. The van der Waals surface area contributed by atoms with E-state index < -0.39 is 0 Å². The van der Waals surface area contributed by atoms with E-state index in [1.165, 1.54) is 12.1 Å². The van der Waals surface area contributed by atoms with E-state index in [2.05, 4.69) is 41.2 Å². The first kappa shape index (κ1) is 19.7. The molecule has 6 nitrogen and oxygen atoms in total. The number of hydrogen-bond donors (Lipinski definition) is 1. The topological polar surface area (TPSA) is 72.2 Å². The second-order valence-electron chi connectivity index (χ2n) is 8.12. The van der Waals surface area contributed by atoms with Gasteiger partial charge in [-0.2, -0.15) is 5.10 Å². The van der Waals surface area contributed by atoms with Crippen LogP contribution >= 0.6 is 0 Å². The lowest BCUT2D eigenvalue weighted by Gasteiger charge is -2.13. The number of carbonyl (C=O) groups is 1. The lowest BCUT2D eigenvalue weighted by atomic mass is 9.93. The van der Waals surface area contributed by atoms with Gasteiger partial charge in [0.2, 0.25) is 0 Å². The van der Waals surface area contributed by atoms with Crippen LogP contribution < -0.4 is 5.32 Å². The van der Waals surface area contributed by atoms with Gasteiger partial charge in [-0.1, -0.05) is 20.8 Å². The maximum atomic E-state index is 13.4. The minimum atomic E-state index is -0.325. The summed E-state index contributed by atoms with van der Waals surface area (Å²) in [6.45, 7) is 6.53. The molecule has 3 aromatic heterocycles. The molecule has 0 unspecified atom stereocenters. The van der Waals surface area contributed by atoms with Gasteiger partial charge in [0.25, 0.3) is 5.91 Å². The van der Waals surface area contributed by atoms with Gasteiger partial charge in [0, 0.05) is 36.0 Å². The molecule has 0 atom stereocenters. The zero-order chi connectivity index (χ0) is 21.3. The molecule has 4 rings (SSSR count). The largest absolute Gasteiger partial charge is 0.347 e. The second-order valence-corrected chi connectivity index (χ2v) is 8.12. The van der Waals surface area contributed by atoms with Gasteiger partial charge in [-0.05, 0) is 48.0 Å². The van der Waals surface area contributed by atoms with Crippen LogP contribution in [0.2, 0.25) is 0 Å². The maximum Gasteiger partial charge on any atom is 0.270 e. The Labute approximate surface area is 173 Å². The van der Waals surface area contributed by atoms with Crippen molar-refractivity contribution in [3.05, 3.63) is 83.7 Å². The number of rotatable bonds is 4. The van der Waals surface area contributed by atoms with Crippen LogP contribution in [0.3, 0.4) is 0 Å². The molecular weight excluding hydrogens is 381 g/mol. The van der Waals surface area contributed by atoms with Crippen LogP contribution in [-0.2, 0) is 12.0 Å². The number of nitrogens with one attached hydrogen (secondary N) is 1. The van der Waals surface area contributed by atoms with Crippen molar-refractivity contribution in [1.29, 1.82) is 0 Å². The fourth-order valence-electron chi connectivity index (χ4n) is 3.04. The molecule has 1 N–H and O–H groups in total. The molecular formula is C23H22FN5O. The summed E-state index contributed by atoms with van der Waals surface area (Å²) < 4.78 is 14.9. The number of halogens is 1. The van der Waals surface area contributed by atoms with E-state index in [1.54, 1.807) is 35.1 Å². The first-order chi connectivity index (χ1) is 14.3. The number of nitrogens with zero attached hydrogens (tertiary/aromatic N) is 4. The number of fused-ring (bicyclic) bond motifs is 1. The summed E-state index contributed by atoms with van der Waals surface area (Å²) in [6, 6.07) is 13.3. The Morgan fingerprint density at radius 1 is 1.07 bits per heavy atom. The molecule has 7 heteroatoms. The fourth-order valence-corrected chi connectivity index (χ4v) is 3.04. The molecule has 3 heterocycles. The van der Waals surface area contributed by atoms with Crippen molar-refractivity contribution >= 4 is 11.6 Å². The van der Waals surface area contributed by atoms with Gasteiger partial charge < -0.3 is 5.32 Å². The van der Waals surface area contributed by atoms with Gasteiger partial charge in [-0.15, -0.1) is 0 Å². The van der Waals surface area contributed by atoms with Crippen LogP contribution in [0.25, 0.3) is 16.9 Å². The highest BCUT2D eigenvalue weighted by atomic mass is 19.1. The van der Waals surface area contributed by atoms with Crippen molar-refractivity contribution in [1.82, 2.24) is 24.9 Å². The van der Waals surface area contributed by atoms with E-state index in [-0.39, 0.29) is 17.1 Å². The summed E-state index contributed by atoms with van der Waals surface area (Å²) in [7, 11) is 0. The monoisotopic (exact) mass is 403 g/mol. The summed E-state index contributed by atoms with van der Waals surface area (Å²) in [6.07, 6.45) is 3.36. The smallest absolute Gasteiger partial charge is 0.270 e. The minimum Gasteiger partial charge on any atom is -0.347 e. The summed E-state index contributed by atoms with van der Waals surface area (Å²) in [5.41, 5.74) is 3.80. The average Bonchev–Trinajstić information content (AvgIpc) is 3.17. The van der Waals surface area contributed by atoms with Crippen LogP contribution in [-0.4, -0.2) is 25.5 Å². The van der Waals surface area contributed by atoms with Crippen molar-refractivity contribution in [2.24, 2.45) is 0 Å². The molecule has 0 spiro atoms. The molecule has 0 radical (unpaired) electrons. The Balaban J connectivity index is 1.77. The van der Waals surface area contributed by atoms with Crippen LogP contribution in [0.15, 0.2) is 60.9 Å². The van der Waals surface area contributed by atoms with Crippen molar-refractivity contribution in [3.8, 4) is 11.3 Å². The van der Waals surface area contributed by atoms with Gasteiger partial charge in [0.05, 0.1) is 11.4 Å². The average molecular weight is 403 g/mol. The maximum absolute atomic E-state index is 13.4. The van der Waals surface area contributed by atoms with E-state index in [0.717, 1.165) is 16.8 Å². The molecule has 152 valence electrons. The fraction of sp³-hybridized carbons (Fsp3) is 0.217. The van der Waals surface area contributed by atoms with E-state index in [4.69, 9.17) is 0 Å². The molecule has 1 aromatic carbocycles. The number of aromatic nitrogens is 4. The lowest BCUT2D eigenvalue weighted by molar-refractivity contribution is 0.0943. The Bertz CT molecular complexity index is 1190. The molecule has 0 saturated carbocycles. The van der Waals surface area contributed by atoms with Gasteiger partial charge in [0.1, 0.15) is 11.5 Å². The van der Waals surface area contributed by atoms with Crippen LogP contribution in [0.4, 0.5) is 4.39 Å². The molecule has 0 aliphatic heterocycles. The number of hydrogen-bond acceptors (Lipinski definition) is 4. The normalized spacial score (nSPS) is 11.6. The van der Waals surface area contributed by atoms with Crippen molar-refractivity contribution in [2.75, 3.05) is 0 Å². The van der Waals surface area contributed by atoms with Gasteiger partial charge >= 0.3 is 0 Å². The van der Waals surface area contributed by atoms with E-state index >= 15 is 0 Å². The van der Waals surface area contributed by atoms with E-state index in [0.29, 0.717) is 23.6 Å². The third kappa shape index (κ3) is 4.05. The van der Waals surface area contributed by atoms with Crippen LogP contribution in [0.5, 0.6) is 0 Å². The molecule has 0 saturated heterocycles. The molecule has 0 fully saturated rings. The predicted molar refractivity (Wildman–Crippen MR) is 112 cm³/mol. The SMILES string of the molecule is CC(C)(C)c1cc2nc(-c3ccc(F)cc3)cc(C(=O)NCc3ccncc3)n2n1. The van der Waals surface area contributed by atoms with Crippen LogP contribution in [0, 0.1) is 5.82 Å². The Kier molecular flexibility index (Phi) is 5.03. The van der Waals surface area contributed by atoms with E-state index in [9.17, 15) is 9.18 Å². The zero-order valence-corrected chi connectivity index (χ0v) is 17.1. The number of pyridine rings is 1. The highest BCUT2D eigenvalue weighted by Crippen LogP contribution is 2.25. The Morgan fingerprint density at radius 2 is 1.77 bits per heavy atom. The number of carbonyl (C=O) groups excluding carboxylic acids is 1. The molecule has 30 heavy (non-hydrogen) atoms. The van der Waals surface area contributed by atoms with Crippen LogP contribution in [0.1, 0.15) is 42.5 Å². The molecule has 0 bridgehead atoms. The third-order valence-electron chi connectivity index (χ3n) is 4.77. The highest BCUT2D eigenvalue weighted by molar-refractivity contribution is 5.94. The Morgan fingerprint density at radius 3 is 2.43 bits per heavy atom. The summed E-state index contributed by atoms with van der Waals surface area (Å²) in [5, 5.41) is 7.56. The summed E-state index contributed by atoms with van der Waals surface area (Å²) in [5.74, 6) is -0.597. The quantitative estimate of drug-likeness (QED) is 0.555. The molecule has 4 aromatic rings. The Hall–Kier alpha value is -3.61. The highest BCUT2D eigenvalue weighted by Gasteiger charge is 2.22. The minimum absolute atomic E-state index is 0.200. The van der Waals surface area contributed by atoms with Gasteiger partial charge in [0.15, 0.2) is 5.65 Å². The van der Waals surface area contributed by atoms with Crippen molar-refractivity contribution < 1.29 is 9.18 Å². The zero-order valence-electron chi connectivity index (χ0n) is 17.1. The molecule has 0 aliphatic carbocycles. The van der Waals surface area contributed by atoms with Gasteiger partial charge in [-0.3, -0.25) is 9.78 Å². The molecule has 1 amide bonds. The number of benzene rings is 1. The lowest BCUT2D eigenvalue weighted by Crippen LogP contribution is -2.26. The summed E-state index contributed by atoms with van der Waals surface area (Å²) >= 11 is 0. The summed E-state index contributed by atoms with van der Waals surface area (Å²) in [4.78, 5) is 21.7. The van der Waals surface area contributed by atoms with Crippen molar-refractivity contribution in [2.45, 2.75) is 32.7 Å². The first-order valence-electron chi connectivity index (χ1n) is 9.65. The van der Waals surface area contributed by atoms with E-state index in [1.807, 2.05) is 18.2 Å². The second kappa shape index (κ2) is 7.67. The first-order valence-corrected chi connectivity index (χ1v) is 9.65.